The predicted molar refractivity (Wildman–Crippen MR) is 90.2 cm³/mol. The zero-order chi connectivity index (χ0) is 16.9. The third-order valence-corrected chi connectivity index (χ3v) is 5.20. The van der Waals surface area contributed by atoms with Crippen LogP contribution in [0.2, 0.25) is 0 Å². The summed E-state index contributed by atoms with van der Waals surface area (Å²) < 4.78 is 22.8. The van der Waals surface area contributed by atoms with Crippen molar-refractivity contribution in [3.8, 4) is 0 Å². The Kier molecular flexibility index (Phi) is 5.98. The van der Waals surface area contributed by atoms with Crippen molar-refractivity contribution in [1.29, 1.82) is 0 Å². The molecule has 1 aliphatic heterocycles. The van der Waals surface area contributed by atoms with Gasteiger partial charge in [-0.25, -0.2) is 18.2 Å². The number of urea groups is 1. The standard InChI is InChI=1S/C16H25N3O3S/c1-3-5-13-6-4-10-19(11-9-13)16(20)18-14-7-8-15(17-12-14)23(2,21)22/h7-8,12-13H,3-6,9-11H2,1-2H3,(H,18,20)/t13-/m1/s1. The van der Waals surface area contributed by atoms with Gasteiger partial charge in [-0.15, -0.1) is 0 Å². The summed E-state index contributed by atoms with van der Waals surface area (Å²) in [5.41, 5.74) is 0.511. The SMILES string of the molecule is CCC[C@@H]1CCCN(C(=O)Nc2ccc(S(C)(=O)=O)nc2)CC1. The Hall–Kier alpha value is -1.63. The largest absolute Gasteiger partial charge is 0.325 e. The highest BCUT2D eigenvalue weighted by molar-refractivity contribution is 7.90. The summed E-state index contributed by atoms with van der Waals surface area (Å²) in [5, 5.41) is 2.80. The van der Waals surface area contributed by atoms with E-state index >= 15 is 0 Å². The van der Waals surface area contributed by atoms with Crippen molar-refractivity contribution in [2.45, 2.75) is 44.1 Å². The third kappa shape index (κ3) is 5.20. The topological polar surface area (TPSA) is 79.4 Å². The molecule has 2 rings (SSSR count). The number of sulfone groups is 1. The first-order chi connectivity index (χ1) is 10.9. The fourth-order valence-corrected chi connectivity index (χ4v) is 3.50. The number of anilines is 1. The van der Waals surface area contributed by atoms with Gasteiger partial charge in [0.1, 0.15) is 0 Å². The molecule has 6 nitrogen and oxygen atoms in total. The quantitative estimate of drug-likeness (QED) is 0.915. The first-order valence-electron chi connectivity index (χ1n) is 8.12. The van der Waals surface area contributed by atoms with Crippen molar-refractivity contribution >= 4 is 21.6 Å². The Morgan fingerprint density at radius 2 is 2.13 bits per heavy atom. The number of amides is 2. The maximum Gasteiger partial charge on any atom is 0.321 e. The molecule has 0 spiro atoms. The molecule has 0 aliphatic carbocycles. The van der Waals surface area contributed by atoms with Crippen LogP contribution in [0.5, 0.6) is 0 Å². The molecule has 0 unspecified atom stereocenters. The molecule has 0 saturated carbocycles. The van der Waals surface area contributed by atoms with E-state index in [9.17, 15) is 13.2 Å². The lowest BCUT2D eigenvalue weighted by Gasteiger charge is -2.21. The number of hydrogen-bond donors (Lipinski definition) is 1. The number of pyridine rings is 1. The van der Waals surface area contributed by atoms with Crippen LogP contribution in [0.1, 0.15) is 39.0 Å². The van der Waals surface area contributed by atoms with E-state index in [-0.39, 0.29) is 11.1 Å². The van der Waals surface area contributed by atoms with E-state index in [1.807, 2.05) is 4.90 Å². The van der Waals surface area contributed by atoms with Gasteiger partial charge in [0, 0.05) is 19.3 Å². The number of nitrogens with zero attached hydrogens (tertiary/aromatic N) is 2. The molecule has 1 aromatic heterocycles. The van der Waals surface area contributed by atoms with Crippen LogP contribution in [0, 0.1) is 5.92 Å². The molecule has 23 heavy (non-hydrogen) atoms. The van der Waals surface area contributed by atoms with Gasteiger partial charge in [-0.3, -0.25) is 0 Å². The molecular formula is C16H25N3O3S. The van der Waals surface area contributed by atoms with Crippen molar-refractivity contribution in [2.24, 2.45) is 5.92 Å². The molecule has 2 amide bonds. The van der Waals surface area contributed by atoms with E-state index in [2.05, 4.69) is 17.2 Å². The summed E-state index contributed by atoms with van der Waals surface area (Å²) in [7, 11) is -3.32. The van der Waals surface area contributed by atoms with Crippen molar-refractivity contribution in [3.05, 3.63) is 18.3 Å². The Morgan fingerprint density at radius 1 is 1.35 bits per heavy atom. The van der Waals surface area contributed by atoms with E-state index in [0.29, 0.717) is 11.6 Å². The Labute approximate surface area is 138 Å². The number of carbonyl (C=O) groups is 1. The van der Waals surface area contributed by atoms with Crippen molar-refractivity contribution < 1.29 is 13.2 Å². The molecule has 1 N–H and O–H groups in total. The van der Waals surface area contributed by atoms with Gasteiger partial charge in [0.25, 0.3) is 0 Å². The highest BCUT2D eigenvalue weighted by Crippen LogP contribution is 2.22. The number of nitrogens with one attached hydrogen (secondary N) is 1. The van der Waals surface area contributed by atoms with Gasteiger partial charge in [-0.2, -0.15) is 0 Å². The lowest BCUT2D eigenvalue weighted by molar-refractivity contribution is 0.213. The molecule has 128 valence electrons. The van der Waals surface area contributed by atoms with Crippen LogP contribution in [0.4, 0.5) is 10.5 Å². The van der Waals surface area contributed by atoms with E-state index < -0.39 is 9.84 Å². The van der Waals surface area contributed by atoms with Crippen LogP contribution in [-0.4, -0.2) is 43.7 Å². The molecule has 1 saturated heterocycles. The second-order valence-electron chi connectivity index (χ2n) is 6.16. The van der Waals surface area contributed by atoms with E-state index in [1.54, 1.807) is 6.07 Å². The molecule has 1 aliphatic rings. The molecular weight excluding hydrogens is 314 g/mol. The second-order valence-corrected chi connectivity index (χ2v) is 8.12. The van der Waals surface area contributed by atoms with Crippen molar-refractivity contribution in [2.75, 3.05) is 24.7 Å². The van der Waals surface area contributed by atoms with Crippen LogP contribution in [0.15, 0.2) is 23.4 Å². The monoisotopic (exact) mass is 339 g/mol. The second kappa shape index (κ2) is 7.77. The van der Waals surface area contributed by atoms with E-state index in [1.165, 1.54) is 31.5 Å². The van der Waals surface area contributed by atoms with Crippen molar-refractivity contribution in [3.63, 3.8) is 0 Å². The van der Waals surface area contributed by atoms with Gasteiger partial charge in [-0.05, 0) is 37.3 Å². The lowest BCUT2D eigenvalue weighted by atomic mass is 9.96. The number of carbonyl (C=O) groups excluding carboxylic acids is 1. The van der Waals surface area contributed by atoms with Gasteiger partial charge < -0.3 is 10.2 Å². The fourth-order valence-electron chi connectivity index (χ4n) is 2.94. The predicted octanol–water partition coefficient (Wildman–Crippen LogP) is 2.92. The minimum atomic E-state index is -3.32. The zero-order valence-corrected chi connectivity index (χ0v) is 14.6. The first-order valence-corrected chi connectivity index (χ1v) is 10.0. The van der Waals surface area contributed by atoms with Gasteiger partial charge in [0.05, 0.1) is 11.9 Å². The van der Waals surface area contributed by atoms with Crippen LogP contribution in [0.3, 0.4) is 0 Å². The van der Waals surface area contributed by atoms with Gasteiger partial charge >= 0.3 is 6.03 Å². The Balaban J connectivity index is 1.93. The fraction of sp³-hybridized carbons (Fsp3) is 0.625. The molecule has 0 bridgehead atoms. The van der Waals surface area contributed by atoms with Gasteiger partial charge in [0.15, 0.2) is 14.9 Å². The van der Waals surface area contributed by atoms with Gasteiger partial charge in [0.2, 0.25) is 0 Å². The smallest absolute Gasteiger partial charge is 0.321 e. The number of rotatable bonds is 4. The average Bonchev–Trinajstić information content (AvgIpc) is 2.73. The van der Waals surface area contributed by atoms with E-state index in [0.717, 1.165) is 32.2 Å². The first kappa shape index (κ1) is 17.7. The maximum atomic E-state index is 12.3. The number of hydrogen-bond acceptors (Lipinski definition) is 4. The summed E-state index contributed by atoms with van der Waals surface area (Å²) in [4.78, 5) is 18.1. The van der Waals surface area contributed by atoms with Crippen LogP contribution in [-0.2, 0) is 9.84 Å². The van der Waals surface area contributed by atoms with E-state index in [4.69, 9.17) is 0 Å². The molecule has 0 radical (unpaired) electrons. The average molecular weight is 339 g/mol. The Morgan fingerprint density at radius 3 is 2.74 bits per heavy atom. The summed E-state index contributed by atoms with van der Waals surface area (Å²) in [6.45, 7) is 3.73. The zero-order valence-electron chi connectivity index (χ0n) is 13.8. The molecule has 2 heterocycles. The molecule has 0 aromatic carbocycles. The minimum absolute atomic E-state index is 0.00711. The third-order valence-electron chi connectivity index (χ3n) is 4.20. The molecule has 1 aromatic rings. The maximum absolute atomic E-state index is 12.3. The van der Waals surface area contributed by atoms with Crippen molar-refractivity contribution in [1.82, 2.24) is 9.88 Å². The summed E-state index contributed by atoms with van der Waals surface area (Å²) in [6, 6.07) is 2.83. The molecule has 1 fully saturated rings. The van der Waals surface area contributed by atoms with Crippen LogP contribution < -0.4 is 5.32 Å². The summed E-state index contributed by atoms with van der Waals surface area (Å²) >= 11 is 0. The van der Waals surface area contributed by atoms with Crippen LogP contribution in [0.25, 0.3) is 0 Å². The molecule has 1 atom stereocenters. The summed E-state index contributed by atoms with van der Waals surface area (Å²) in [6.07, 6.45) is 8.17. The highest BCUT2D eigenvalue weighted by atomic mass is 32.2. The highest BCUT2D eigenvalue weighted by Gasteiger charge is 2.20. The molecule has 7 heteroatoms. The summed E-state index contributed by atoms with van der Waals surface area (Å²) in [5.74, 6) is 0.716. The minimum Gasteiger partial charge on any atom is -0.325 e. The number of likely N-dealkylation sites (tertiary alicyclic amines) is 1. The normalized spacial score (nSPS) is 19.2. The van der Waals surface area contributed by atoms with Gasteiger partial charge in [-0.1, -0.05) is 19.8 Å². The number of aromatic nitrogens is 1. The van der Waals surface area contributed by atoms with Crippen LogP contribution >= 0.6 is 0 Å². The lowest BCUT2D eigenvalue weighted by Crippen LogP contribution is -2.35. The Bertz CT molecular complexity index is 628.